The summed E-state index contributed by atoms with van der Waals surface area (Å²) in [6, 6.07) is 15.8. The van der Waals surface area contributed by atoms with Crippen LogP contribution in [-0.2, 0) is 20.7 Å². The van der Waals surface area contributed by atoms with Crippen molar-refractivity contribution in [2.45, 2.75) is 44.9 Å². The largest absolute Gasteiger partial charge is 0.485 e. The van der Waals surface area contributed by atoms with Gasteiger partial charge in [-0.25, -0.2) is 4.79 Å². The number of hydrogen-bond donors (Lipinski definition) is 1. The van der Waals surface area contributed by atoms with Crippen molar-refractivity contribution < 1.29 is 23.8 Å². The Labute approximate surface area is 164 Å². The van der Waals surface area contributed by atoms with E-state index < -0.39 is 29.6 Å². The Morgan fingerprint density at radius 1 is 1.07 bits per heavy atom. The molecule has 0 saturated heterocycles. The number of para-hydroxylation sites is 2. The van der Waals surface area contributed by atoms with E-state index in [1.165, 1.54) is 0 Å². The molecule has 0 aliphatic carbocycles. The Kier molecular flexibility index (Phi) is 5.87. The molecule has 0 aromatic heterocycles. The summed E-state index contributed by atoms with van der Waals surface area (Å²) in [6.45, 7) is 5.46. The number of benzene rings is 2. The Morgan fingerprint density at radius 3 is 2.39 bits per heavy atom. The third kappa shape index (κ3) is 5.25. The predicted octanol–water partition coefficient (Wildman–Crippen LogP) is 2.90. The molecule has 0 spiro atoms. The molecule has 1 amide bonds. The molecule has 28 heavy (non-hydrogen) atoms. The maximum atomic E-state index is 12.8. The lowest BCUT2D eigenvalue weighted by Gasteiger charge is -2.28. The summed E-state index contributed by atoms with van der Waals surface area (Å²) in [5.74, 6) is 0.202. The first kappa shape index (κ1) is 19.7. The number of carbonyl (C=O) groups is 2. The van der Waals surface area contributed by atoms with Crippen LogP contribution >= 0.6 is 0 Å². The van der Waals surface area contributed by atoms with Crippen LogP contribution in [0, 0.1) is 0 Å². The fourth-order valence-corrected chi connectivity index (χ4v) is 2.83. The molecule has 6 nitrogen and oxygen atoms in total. The van der Waals surface area contributed by atoms with Crippen LogP contribution in [0.3, 0.4) is 0 Å². The highest BCUT2D eigenvalue weighted by molar-refractivity contribution is 5.87. The number of amides is 1. The number of ether oxygens (including phenoxy) is 3. The van der Waals surface area contributed by atoms with Crippen LogP contribution in [0.1, 0.15) is 26.3 Å². The number of nitrogens with one attached hydrogen (secondary N) is 1. The van der Waals surface area contributed by atoms with Gasteiger partial charge in [0.25, 0.3) is 5.91 Å². The zero-order valence-electron chi connectivity index (χ0n) is 16.3. The zero-order chi connectivity index (χ0) is 20.1. The summed E-state index contributed by atoms with van der Waals surface area (Å²) < 4.78 is 16.8. The first-order chi connectivity index (χ1) is 13.3. The van der Waals surface area contributed by atoms with E-state index in [2.05, 4.69) is 5.32 Å². The van der Waals surface area contributed by atoms with Crippen molar-refractivity contribution >= 4 is 11.9 Å². The van der Waals surface area contributed by atoms with E-state index in [4.69, 9.17) is 14.2 Å². The maximum absolute atomic E-state index is 12.8. The molecule has 1 aliphatic rings. The van der Waals surface area contributed by atoms with Crippen LogP contribution < -0.4 is 14.8 Å². The summed E-state index contributed by atoms with van der Waals surface area (Å²) in [5, 5.41) is 2.77. The Morgan fingerprint density at radius 2 is 1.71 bits per heavy atom. The average Bonchev–Trinajstić information content (AvgIpc) is 2.66. The summed E-state index contributed by atoms with van der Waals surface area (Å²) in [6.07, 6.45) is -0.512. The molecule has 1 heterocycles. The van der Waals surface area contributed by atoms with Crippen molar-refractivity contribution in [3.8, 4) is 11.5 Å². The van der Waals surface area contributed by atoms with Crippen molar-refractivity contribution in [1.82, 2.24) is 5.32 Å². The molecule has 0 bridgehead atoms. The van der Waals surface area contributed by atoms with Crippen LogP contribution in [0.4, 0.5) is 0 Å². The van der Waals surface area contributed by atoms with Gasteiger partial charge in [-0.15, -0.1) is 0 Å². The van der Waals surface area contributed by atoms with Gasteiger partial charge in [-0.05, 0) is 38.5 Å². The van der Waals surface area contributed by atoms with E-state index in [-0.39, 0.29) is 6.61 Å². The highest BCUT2D eigenvalue weighted by Crippen LogP contribution is 2.30. The second-order valence-corrected chi connectivity index (χ2v) is 7.65. The normalized spacial score (nSPS) is 16.8. The second-order valence-electron chi connectivity index (χ2n) is 7.65. The molecule has 0 radical (unpaired) electrons. The lowest BCUT2D eigenvalue weighted by atomic mass is 10.1. The van der Waals surface area contributed by atoms with E-state index in [0.717, 1.165) is 5.56 Å². The molecule has 1 aliphatic heterocycles. The highest BCUT2D eigenvalue weighted by atomic mass is 16.6. The van der Waals surface area contributed by atoms with E-state index in [0.29, 0.717) is 17.9 Å². The first-order valence-corrected chi connectivity index (χ1v) is 9.27. The van der Waals surface area contributed by atoms with Gasteiger partial charge in [0.1, 0.15) is 18.2 Å². The summed E-state index contributed by atoms with van der Waals surface area (Å²) in [7, 11) is 0. The van der Waals surface area contributed by atoms with Gasteiger partial charge in [0, 0.05) is 6.42 Å². The van der Waals surface area contributed by atoms with E-state index in [1.54, 1.807) is 39.0 Å². The van der Waals surface area contributed by atoms with Crippen molar-refractivity contribution in [2.24, 2.45) is 0 Å². The molecule has 148 valence electrons. The smallest absolute Gasteiger partial charge is 0.329 e. The quantitative estimate of drug-likeness (QED) is 0.804. The minimum Gasteiger partial charge on any atom is -0.485 e. The molecule has 0 unspecified atom stereocenters. The SMILES string of the molecule is CC(C)(C)OC(=O)[C@H](Cc1ccccc1)NC(=O)[C@H]1COc2ccccc2O1. The number of hydrogen-bond acceptors (Lipinski definition) is 5. The lowest BCUT2D eigenvalue weighted by Crippen LogP contribution is -2.52. The number of rotatable bonds is 5. The van der Waals surface area contributed by atoms with Crippen molar-refractivity contribution in [3.63, 3.8) is 0 Å². The lowest BCUT2D eigenvalue weighted by molar-refractivity contribution is -0.159. The summed E-state index contributed by atoms with van der Waals surface area (Å²) in [4.78, 5) is 25.4. The maximum Gasteiger partial charge on any atom is 0.329 e. The zero-order valence-corrected chi connectivity index (χ0v) is 16.3. The fraction of sp³-hybridized carbons (Fsp3) is 0.364. The van der Waals surface area contributed by atoms with Gasteiger partial charge in [-0.2, -0.15) is 0 Å². The van der Waals surface area contributed by atoms with Crippen molar-refractivity contribution in [3.05, 3.63) is 60.2 Å². The molecular formula is C22H25NO5. The molecule has 0 saturated carbocycles. The number of esters is 1. The van der Waals surface area contributed by atoms with Crippen LogP contribution in [0.25, 0.3) is 0 Å². The van der Waals surface area contributed by atoms with Gasteiger partial charge >= 0.3 is 5.97 Å². The average molecular weight is 383 g/mol. The highest BCUT2D eigenvalue weighted by Gasteiger charge is 2.32. The van der Waals surface area contributed by atoms with Gasteiger partial charge in [0.15, 0.2) is 11.5 Å². The fourth-order valence-electron chi connectivity index (χ4n) is 2.83. The van der Waals surface area contributed by atoms with Crippen molar-refractivity contribution in [2.75, 3.05) is 6.61 Å². The predicted molar refractivity (Wildman–Crippen MR) is 104 cm³/mol. The van der Waals surface area contributed by atoms with Gasteiger partial charge in [0.2, 0.25) is 6.10 Å². The van der Waals surface area contributed by atoms with E-state index in [1.807, 2.05) is 36.4 Å². The summed E-state index contributed by atoms with van der Waals surface area (Å²) in [5.41, 5.74) is 0.268. The third-order valence-corrected chi connectivity index (χ3v) is 4.09. The number of fused-ring (bicyclic) bond motifs is 1. The molecule has 3 rings (SSSR count). The topological polar surface area (TPSA) is 73.9 Å². The first-order valence-electron chi connectivity index (χ1n) is 9.27. The monoisotopic (exact) mass is 383 g/mol. The minimum absolute atomic E-state index is 0.0786. The standard InChI is InChI=1S/C22H25NO5/c1-22(2,3)28-21(25)16(13-15-9-5-4-6-10-15)23-20(24)19-14-26-17-11-7-8-12-18(17)27-19/h4-12,16,19H,13-14H2,1-3H3,(H,23,24)/t16-,19+/m0/s1. The molecule has 0 fully saturated rings. The van der Waals surface area contributed by atoms with Crippen molar-refractivity contribution in [1.29, 1.82) is 0 Å². The molecule has 2 aromatic rings. The van der Waals surface area contributed by atoms with Crippen LogP contribution in [0.15, 0.2) is 54.6 Å². The van der Waals surface area contributed by atoms with Gasteiger partial charge in [0.05, 0.1) is 0 Å². The molecule has 2 aromatic carbocycles. The van der Waals surface area contributed by atoms with Crippen LogP contribution in [0.5, 0.6) is 11.5 Å². The van der Waals surface area contributed by atoms with Gasteiger partial charge in [-0.1, -0.05) is 42.5 Å². The van der Waals surface area contributed by atoms with Crippen LogP contribution in [-0.4, -0.2) is 36.2 Å². The van der Waals surface area contributed by atoms with Gasteiger partial charge in [-0.3, -0.25) is 4.79 Å². The van der Waals surface area contributed by atoms with Gasteiger partial charge < -0.3 is 19.5 Å². The Bertz CT molecular complexity index is 828. The van der Waals surface area contributed by atoms with Crippen LogP contribution in [0.2, 0.25) is 0 Å². The molecule has 1 N–H and O–H groups in total. The molecule has 2 atom stereocenters. The van der Waals surface area contributed by atoms with E-state index >= 15 is 0 Å². The third-order valence-electron chi connectivity index (χ3n) is 4.09. The summed E-state index contributed by atoms with van der Waals surface area (Å²) >= 11 is 0. The second kappa shape index (κ2) is 8.33. The Hall–Kier alpha value is -3.02. The molecule has 6 heteroatoms. The number of carbonyl (C=O) groups excluding carboxylic acids is 2. The molecular weight excluding hydrogens is 358 g/mol. The Balaban J connectivity index is 1.71. The minimum atomic E-state index is -0.837. The van der Waals surface area contributed by atoms with E-state index in [9.17, 15) is 9.59 Å².